The zero-order valence-corrected chi connectivity index (χ0v) is 23.6. The van der Waals surface area contributed by atoms with Crippen molar-refractivity contribution in [2.45, 2.75) is 85.6 Å². The van der Waals surface area contributed by atoms with Gasteiger partial charge in [-0.2, -0.15) is 13.2 Å². The molecule has 0 amide bonds. The molecule has 9 heteroatoms. The molecule has 1 rings (SSSR count). The minimum Gasteiger partial charge on any atom is -0.457 e. The number of nitrogens with zero attached hydrogens (tertiary/aromatic N) is 1. The Balaban J connectivity index is 3.50. The van der Waals surface area contributed by atoms with Gasteiger partial charge in [-0.1, -0.05) is 45.9 Å². The van der Waals surface area contributed by atoms with E-state index < -0.39 is 53.6 Å². The van der Waals surface area contributed by atoms with Crippen molar-refractivity contribution in [1.82, 2.24) is 0 Å². The molecule has 0 unspecified atom stereocenters. The smallest absolute Gasteiger partial charge is 0.412 e. The van der Waals surface area contributed by atoms with Crippen molar-refractivity contribution < 1.29 is 32.6 Å². The lowest BCUT2D eigenvalue weighted by molar-refractivity contribution is -0.148. The van der Waals surface area contributed by atoms with Crippen molar-refractivity contribution in [3.63, 3.8) is 0 Å². The van der Waals surface area contributed by atoms with E-state index in [0.717, 1.165) is 6.08 Å². The van der Waals surface area contributed by atoms with E-state index in [9.17, 15) is 27.9 Å². The number of ether oxygens (including phenoxy) is 1. The van der Waals surface area contributed by atoms with Gasteiger partial charge in [-0.3, -0.25) is 14.6 Å². The third-order valence-corrected chi connectivity index (χ3v) is 6.96. The van der Waals surface area contributed by atoms with Crippen molar-refractivity contribution in [3.8, 4) is 0 Å². The number of aliphatic hydroxyl groups excluding tert-OH is 1. The number of cyclic esters (lactones) is 1. The summed E-state index contributed by atoms with van der Waals surface area (Å²) < 4.78 is 47.0. The summed E-state index contributed by atoms with van der Waals surface area (Å²) in [6, 6.07) is 0. The Morgan fingerprint density at radius 3 is 2.49 bits per heavy atom. The Bertz CT molecular complexity index is 948. The summed E-state index contributed by atoms with van der Waals surface area (Å²) >= 11 is 1.42. The zero-order chi connectivity index (χ0) is 28.4. The van der Waals surface area contributed by atoms with Crippen molar-refractivity contribution in [2.24, 2.45) is 22.2 Å². The van der Waals surface area contributed by atoms with Crippen molar-refractivity contribution in [1.29, 1.82) is 0 Å². The van der Waals surface area contributed by atoms with Crippen LogP contribution in [0.4, 0.5) is 13.2 Å². The average Bonchev–Trinajstić information content (AvgIpc) is 2.81. The molecule has 0 spiro atoms. The fraction of sp³-hybridized carbons (Fsp3) is 0.607. The first-order valence-electron chi connectivity index (χ1n) is 12.4. The van der Waals surface area contributed by atoms with Crippen LogP contribution < -0.4 is 0 Å². The molecule has 5 nitrogen and oxygen atoms in total. The van der Waals surface area contributed by atoms with Crippen LogP contribution in [0.25, 0.3) is 0 Å². The van der Waals surface area contributed by atoms with Crippen LogP contribution in [-0.4, -0.2) is 47.7 Å². The highest BCUT2D eigenvalue weighted by Crippen LogP contribution is 2.33. The number of hydrogen-bond donors (Lipinski definition) is 1. The highest BCUT2D eigenvalue weighted by molar-refractivity contribution is 8.01. The summed E-state index contributed by atoms with van der Waals surface area (Å²) in [5, 5.41) is 12.4. The maximum absolute atomic E-state index is 13.8. The van der Waals surface area contributed by atoms with Crippen molar-refractivity contribution in [3.05, 3.63) is 46.6 Å². The van der Waals surface area contributed by atoms with E-state index in [4.69, 9.17) is 4.74 Å². The molecule has 1 aliphatic heterocycles. The Morgan fingerprint density at radius 2 is 1.92 bits per heavy atom. The van der Waals surface area contributed by atoms with Gasteiger partial charge in [0.1, 0.15) is 11.9 Å². The summed E-state index contributed by atoms with van der Waals surface area (Å²) in [6.07, 6.45) is 2.03. The maximum atomic E-state index is 13.8. The largest absolute Gasteiger partial charge is 0.457 e. The van der Waals surface area contributed by atoms with Crippen LogP contribution in [0.2, 0.25) is 0 Å². The first kappa shape index (κ1) is 32.9. The van der Waals surface area contributed by atoms with E-state index in [2.05, 4.69) is 4.99 Å². The van der Waals surface area contributed by atoms with Gasteiger partial charge in [0, 0.05) is 41.9 Å². The number of aliphatic hydroxyl groups is 1. The first-order chi connectivity index (χ1) is 17.1. The maximum Gasteiger partial charge on any atom is 0.412 e. The zero-order valence-electron chi connectivity index (χ0n) is 22.8. The van der Waals surface area contributed by atoms with Crippen LogP contribution in [0.5, 0.6) is 0 Å². The van der Waals surface area contributed by atoms with Crippen molar-refractivity contribution in [2.75, 3.05) is 6.26 Å². The number of carbonyl (C=O) groups excluding carboxylic acids is 2. The van der Waals surface area contributed by atoms with Gasteiger partial charge < -0.3 is 9.84 Å². The molecular formula is C28H40F3NO4S. The number of thioether (sulfide) groups is 1. The van der Waals surface area contributed by atoms with Crippen LogP contribution in [-0.2, 0) is 14.3 Å². The fourth-order valence-corrected chi connectivity index (χ4v) is 4.46. The molecule has 0 aromatic heterocycles. The number of Topliss-reactive ketones (excluding diaryl/α,β-unsaturated/α-hetero) is 1. The number of ketones is 1. The molecule has 0 aliphatic carbocycles. The van der Waals surface area contributed by atoms with Crippen LogP contribution in [0.3, 0.4) is 0 Å². The number of alkyl halides is 3. The fourth-order valence-electron chi connectivity index (χ4n) is 4.09. The Hall–Kier alpha value is -2.13. The summed E-state index contributed by atoms with van der Waals surface area (Å²) in [7, 11) is 0. The van der Waals surface area contributed by atoms with Gasteiger partial charge in [-0.25, -0.2) is 0 Å². The van der Waals surface area contributed by atoms with E-state index in [-0.39, 0.29) is 25.0 Å². The minimum atomic E-state index is -4.58. The summed E-state index contributed by atoms with van der Waals surface area (Å²) in [5.41, 5.74) is -0.530. The summed E-state index contributed by atoms with van der Waals surface area (Å²) in [5.74, 6) is -2.10. The molecule has 0 bridgehead atoms. The molecule has 0 fully saturated rings. The number of rotatable bonds is 4. The molecule has 1 N–H and O–H groups in total. The Kier molecular flexibility index (Phi) is 13.1. The number of carbonyl (C=O) groups is 2. The second kappa shape index (κ2) is 14.7. The van der Waals surface area contributed by atoms with E-state index in [1.807, 2.05) is 6.26 Å². The predicted octanol–water partition coefficient (Wildman–Crippen LogP) is 6.99. The summed E-state index contributed by atoms with van der Waals surface area (Å²) in [6.45, 7) is 10.1. The number of halogens is 3. The van der Waals surface area contributed by atoms with Crippen LogP contribution in [0.1, 0.15) is 67.2 Å². The second-order valence-electron chi connectivity index (χ2n) is 10.0. The molecule has 4 atom stereocenters. The van der Waals surface area contributed by atoms with Crippen LogP contribution >= 0.6 is 11.8 Å². The van der Waals surface area contributed by atoms with E-state index in [1.165, 1.54) is 23.9 Å². The predicted molar refractivity (Wildman–Crippen MR) is 144 cm³/mol. The molecule has 1 aliphatic rings. The molecule has 0 aromatic carbocycles. The SMILES string of the molecule is CC=NC(=C\SC)/C=C(\C)[C@@H]1C/C=C(/C(F)(F)F)C/C=C/[C@H](C)[C@H](O)[C@@H](C)C(=O)C(C)(C)CCC(=O)O1. The molecule has 0 aromatic rings. The van der Waals surface area contributed by atoms with Gasteiger partial charge in [0.2, 0.25) is 0 Å². The van der Waals surface area contributed by atoms with Gasteiger partial charge in [0.15, 0.2) is 0 Å². The monoisotopic (exact) mass is 543 g/mol. The van der Waals surface area contributed by atoms with Crippen LogP contribution in [0.15, 0.2) is 51.5 Å². The minimum absolute atomic E-state index is 0.0861. The molecule has 0 saturated carbocycles. The lowest BCUT2D eigenvalue weighted by atomic mass is 9.75. The molecule has 37 heavy (non-hydrogen) atoms. The standard InChI is InChI=1S/C28H40F3NO4S/c1-8-32-22(17-37-7)16-19(3)23-13-12-21(28(29,30)31)11-9-10-18(2)25(34)20(4)26(35)27(5,6)15-14-24(33)36-23/h8-10,12,16-18,20,23,25,34H,11,13-15H2,1-7H3/b10-9+,19-16+,21-12+,22-17-,32-8?/t18-,20+,23-,25-/m0/s1. The van der Waals surface area contributed by atoms with Gasteiger partial charge in [-0.05, 0) is 50.0 Å². The van der Waals surface area contributed by atoms with Crippen molar-refractivity contribution >= 4 is 29.7 Å². The van der Waals surface area contributed by atoms with Gasteiger partial charge in [0.25, 0.3) is 0 Å². The van der Waals surface area contributed by atoms with Crippen LogP contribution in [0, 0.1) is 17.3 Å². The van der Waals surface area contributed by atoms with E-state index in [1.54, 1.807) is 59.2 Å². The molecular weight excluding hydrogens is 503 g/mol. The third-order valence-electron chi connectivity index (χ3n) is 6.48. The number of hydrogen-bond acceptors (Lipinski definition) is 6. The normalized spacial score (nSPS) is 30.1. The number of aliphatic imine (C=N–C) groups is 1. The Labute approximate surface area is 223 Å². The third kappa shape index (κ3) is 10.6. The summed E-state index contributed by atoms with van der Waals surface area (Å²) in [4.78, 5) is 30.1. The lowest BCUT2D eigenvalue weighted by Crippen LogP contribution is -2.38. The highest BCUT2D eigenvalue weighted by Gasteiger charge is 2.37. The lowest BCUT2D eigenvalue weighted by Gasteiger charge is -2.30. The molecule has 0 saturated heterocycles. The highest BCUT2D eigenvalue weighted by atomic mass is 32.2. The first-order valence-corrected chi connectivity index (χ1v) is 13.7. The molecule has 0 radical (unpaired) electrons. The number of esters is 1. The average molecular weight is 544 g/mol. The second-order valence-corrected chi connectivity index (χ2v) is 10.7. The van der Waals surface area contributed by atoms with Gasteiger partial charge in [0.05, 0.1) is 11.8 Å². The van der Waals surface area contributed by atoms with Gasteiger partial charge >= 0.3 is 12.1 Å². The van der Waals surface area contributed by atoms with Gasteiger partial charge in [-0.15, -0.1) is 11.8 Å². The van der Waals surface area contributed by atoms with E-state index in [0.29, 0.717) is 11.3 Å². The Morgan fingerprint density at radius 1 is 1.27 bits per heavy atom. The topological polar surface area (TPSA) is 76.0 Å². The quantitative estimate of drug-likeness (QED) is 0.179. The number of allylic oxidation sites excluding steroid dienone is 3. The van der Waals surface area contributed by atoms with E-state index >= 15 is 0 Å². The molecule has 1 heterocycles. The molecule has 208 valence electrons.